The average molecular weight is 263 g/mol. The highest BCUT2D eigenvalue weighted by Crippen LogP contribution is 2.42. The van der Waals surface area contributed by atoms with Gasteiger partial charge in [0, 0.05) is 19.5 Å². The Bertz CT molecular complexity index is 533. The first-order valence-electron chi connectivity index (χ1n) is 6.01. The van der Waals surface area contributed by atoms with Crippen molar-refractivity contribution in [2.24, 2.45) is 0 Å². The SMILES string of the molecule is CN(Cc1ccc(F)cc1)c1nnc(C2CC2)s1. The van der Waals surface area contributed by atoms with Crippen molar-refractivity contribution in [3.8, 4) is 0 Å². The van der Waals surface area contributed by atoms with Crippen molar-refractivity contribution in [3.05, 3.63) is 40.7 Å². The Morgan fingerprint density at radius 1 is 1.28 bits per heavy atom. The van der Waals surface area contributed by atoms with Crippen LogP contribution in [0.5, 0.6) is 0 Å². The molecule has 1 fully saturated rings. The molecule has 0 amide bonds. The molecule has 1 saturated carbocycles. The molecule has 0 unspecified atom stereocenters. The minimum absolute atomic E-state index is 0.201. The molecular formula is C13H14FN3S. The molecule has 94 valence electrons. The van der Waals surface area contributed by atoms with Crippen LogP contribution < -0.4 is 4.90 Å². The van der Waals surface area contributed by atoms with Gasteiger partial charge in [0.25, 0.3) is 0 Å². The zero-order valence-electron chi connectivity index (χ0n) is 10.1. The van der Waals surface area contributed by atoms with E-state index in [0.717, 1.165) is 22.2 Å². The summed E-state index contributed by atoms with van der Waals surface area (Å²) in [4.78, 5) is 2.05. The number of benzene rings is 1. The molecule has 2 aromatic rings. The van der Waals surface area contributed by atoms with Gasteiger partial charge < -0.3 is 4.90 Å². The molecule has 1 aliphatic carbocycles. The van der Waals surface area contributed by atoms with E-state index in [9.17, 15) is 4.39 Å². The first-order valence-corrected chi connectivity index (χ1v) is 6.83. The van der Waals surface area contributed by atoms with E-state index in [0.29, 0.717) is 5.92 Å². The zero-order chi connectivity index (χ0) is 12.5. The second-order valence-corrected chi connectivity index (χ2v) is 5.67. The third-order valence-corrected chi connectivity index (χ3v) is 4.22. The second-order valence-electron chi connectivity index (χ2n) is 4.68. The number of hydrogen-bond donors (Lipinski definition) is 0. The maximum absolute atomic E-state index is 12.8. The summed E-state index contributed by atoms with van der Waals surface area (Å²) in [6, 6.07) is 6.57. The van der Waals surface area contributed by atoms with Crippen LogP contribution in [0.1, 0.15) is 29.3 Å². The highest BCUT2D eigenvalue weighted by molar-refractivity contribution is 7.15. The second kappa shape index (κ2) is 4.65. The lowest BCUT2D eigenvalue weighted by Crippen LogP contribution is -2.16. The molecule has 0 spiro atoms. The van der Waals surface area contributed by atoms with Gasteiger partial charge in [0.1, 0.15) is 10.8 Å². The molecule has 18 heavy (non-hydrogen) atoms. The van der Waals surface area contributed by atoms with E-state index in [2.05, 4.69) is 15.1 Å². The van der Waals surface area contributed by atoms with Crippen molar-refractivity contribution in [1.29, 1.82) is 0 Å². The molecule has 1 aromatic carbocycles. The van der Waals surface area contributed by atoms with Gasteiger partial charge in [-0.25, -0.2) is 4.39 Å². The summed E-state index contributed by atoms with van der Waals surface area (Å²) < 4.78 is 12.8. The summed E-state index contributed by atoms with van der Waals surface area (Å²) in [5.74, 6) is 0.448. The maximum atomic E-state index is 12.8. The number of halogens is 1. The summed E-state index contributed by atoms with van der Waals surface area (Å²) in [5.41, 5.74) is 1.07. The summed E-state index contributed by atoms with van der Waals surface area (Å²) in [6.45, 7) is 0.722. The molecule has 0 radical (unpaired) electrons. The average Bonchev–Trinajstić information content (AvgIpc) is 3.10. The Hall–Kier alpha value is -1.49. The number of aromatic nitrogens is 2. The quantitative estimate of drug-likeness (QED) is 0.848. The highest BCUT2D eigenvalue weighted by atomic mass is 32.1. The van der Waals surface area contributed by atoms with Gasteiger partial charge in [0.2, 0.25) is 5.13 Å². The molecule has 3 rings (SSSR count). The minimum atomic E-state index is -0.201. The van der Waals surface area contributed by atoms with E-state index in [1.807, 2.05) is 7.05 Å². The van der Waals surface area contributed by atoms with E-state index in [1.54, 1.807) is 23.5 Å². The standard InChI is InChI=1S/C13H14FN3S/c1-17(8-9-2-6-11(14)7-3-9)13-16-15-12(18-13)10-4-5-10/h2-3,6-7,10H,4-5,8H2,1H3. The van der Waals surface area contributed by atoms with E-state index in [4.69, 9.17) is 0 Å². The lowest BCUT2D eigenvalue weighted by molar-refractivity contribution is 0.627. The number of hydrogen-bond acceptors (Lipinski definition) is 4. The first-order chi connectivity index (χ1) is 8.72. The van der Waals surface area contributed by atoms with Crippen molar-refractivity contribution in [2.45, 2.75) is 25.3 Å². The van der Waals surface area contributed by atoms with E-state index in [-0.39, 0.29) is 5.82 Å². The van der Waals surface area contributed by atoms with E-state index in [1.165, 1.54) is 25.0 Å². The van der Waals surface area contributed by atoms with Gasteiger partial charge >= 0.3 is 0 Å². The van der Waals surface area contributed by atoms with Gasteiger partial charge in [-0.1, -0.05) is 23.5 Å². The van der Waals surface area contributed by atoms with Crippen molar-refractivity contribution in [2.75, 3.05) is 11.9 Å². The lowest BCUT2D eigenvalue weighted by Gasteiger charge is -2.14. The molecule has 1 aliphatic rings. The number of anilines is 1. The van der Waals surface area contributed by atoms with Gasteiger partial charge in [-0.2, -0.15) is 0 Å². The lowest BCUT2D eigenvalue weighted by atomic mass is 10.2. The summed E-state index contributed by atoms with van der Waals surface area (Å²) in [7, 11) is 1.99. The van der Waals surface area contributed by atoms with Gasteiger partial charge in [-0.15, -0.1) is 10.2 Å². The Kier molecular flexibility index (Phi) is 2.99. The molecule has 0 saturated heterocycles. The molecule has 1 heterocycles. The van der Waals surface area contributed by atoms with Gasteiger partial charge in [-0.3, -0.25) is 0 Å². The van der Waals surface area contributed by atoms with E-state index < -0.39 is 0 Å². The number of nitrogens with zero attached hydrogens (tertiary/aromatic N) is 3. The molecule has 5 heteroatoms. The largest absolute Gasteiger partial charge is 0.345 e. The molecule has 0 bridgehead atoms. The van der Waals surface area contributed by atoms with Crippen molar-refractivity contribution < 1.29 is 4.39 Å². The predicted octanol–water partition coefficient (Wildman–Crippen LogP) is 3.19. The van der Waals surface area contributed by atoms with Crippen LogP contribution in [0.25, 0.3) is 0 Å². The Morgan fingerprint density at radius 3 is 2.67 bits per heavy atom. The molecular weight excluding hydrogens is 249 g/mol. The topological polar surface area (TPSA) is 29.0 Å². The fraction of sp³-hybridized carbons (Fsp3) is 0.385. The summed E-state index contributed by atoms with van der Waals surface area (Å²) in [5, 5.41) is 10.5. The van der Waals surface area contributed by atoms with Gasteiger partial charge in [0.05, 0.1) is 0 Å². The Morgan fingerprint density at radius 2 is 2.00 bits per heavy atom. The van der Waals surface area contributed by atoms with Crippen LogP contribution in [0.3, 0.4) is 0 Å². The van der Waals surface area contributed by atoms with Gasteiger partial charge in [-0.05, 0) is 30.5 Å². The monoisotopic (exact) mass is 263 g/mol. The van der Waals surface area contributed by atoms with Crippen molar-refractivity contribution >= 4 is 16.5 Å². The summed E-state index contributed by atoms with van der Waals surface area (Å²) >= 11 is 1.66. The van der Waals surface area contributed by atoms with E-state index >= 15 is 0 Å². The molecule has 0 atom stereocenters. The minimum Gasteiger partial charge on any atom is -0.345 e. The van der Waals surface area contributed by atoms with Crippen LogP contribution in [-0.2, 0) is 6.54 Å². The van der Waals surface area contributed by atoms with Crippen LogP contribution in [0, 0.1) is 5.82 Å². The van der Waals surface area contributed by atoms with Crippen LogP contribution in [0.2, 0.25) is 0 Å². The highest BCUT2D eigenvalue weighted by Gasteiger charge is 2.27. The van der Waals surface area contributed by atoms with Crippen molar-refractivity contribution in [3.63, 3.8) is 0 Å². The maximum Gasteiger partial charge on any atom is 0.208 e. The fourth-order valence-electron chi connectivity index (χ4n) is 1.81. The predicted molar refractivity (Wildman–Crippen MR) is 70.4 cm³/mol. The third kappa shape index (κ3) is 2.51. The van der Waals surface area contributed by atoms with Crippen LogP contribution in [-0.4, -0.2) is 17.2 Å². The molecule has 0 N–H and O–H groups in total. The third-order valence-electron chi connectivity index (χ3n) is 3.02. The van der Waals surface area contributed by atoms with Gasteiger partial charge in [0.15, 0.2) is 0 Å². The Balaban J connectivity index is 1.69. The van der Waals surface area contributed by atoms with Crippen LogP contribution in [0.15, 0.2) is 24.3 Å². The molecule has 0 aliphatic heterocycles. The smallest absolute Gasteiger partial charge is 0.208 e. The van der Waals surface area contributed by atoms with Crippen molar-refractivity contribution in [1.82, 2.24) is 10.2 Å². The zero-order valence-corrected chi connectivity index (χ0v) is 11.0. The first kappa shape index (κ1) is 11.6. The molecule has 3 nitrogen and oxygen atoms in total. The fourth-order valence-corrected chi connectivity index (χ4v) is 2.78. The normalized spacial score (nSPS) is 14.8. The summed E-state index contributed by atoms with van der Waals surface area (Å²) in [6.07, 6.45) is 2.49. The van der Waals surface area contributed by atoms with Crippen LogP contribution >= 0.6 is 11.3 Å². The Labute approximate surface area is 109 Å². The molecule has 1 aromatic heterocycles. The van der Waals surface area contributed by atoms with Crippen LogP contribution in [0.4, 0.5) is 9.52 Å². The number of rotatable bonds is 4.